The summed E-state index contributed by atoms with van der Waals surface area (Å²) in [5.74, 6) is -6.81. The number of carbonyl (C=O) groups excluding carboxylic acids is 1. The number of aromatic hydroxyl groups is 1. The van der Waals surface area contributed by atoms with Crippen LogP contribution in [-0.2, 0) is 4.79 Å². The second-order valence-electron chi connectivity index (χ2n) is 7.57. The fourth-order valence-corrected chi connectivity index (χ4v) is 4.25. The van der Waals surface area contributed by atoms with Crippen LogP contribution in [0.1, 0.15) is 60.1 Å². The number of halogens is 4. The van der Waals surface area contributed by atoms with Gasteiger partial charge in [0, 0.05) is 22.7 Å². The van der Waals surface area contributed by atoms with Gasteiger partial charge in [-0.15, -0.1) is 0 Å². The Kier molecular flexibility index (Phi) is 7.10. The van der Waals surface area contributed by atoms with Crippen LogP contribution in [0.15, 0.2) is 24.3 Å². The highest BCUT2D eigenvalue weighted by Crippen LogP contribution is 2.40. The van der Waals surface area contributed by atoms with Crippen molar-refractivity contribution in [3.63, 3.8) is 0 Å². The Morgan fingerprint density at radius 2 is 1.81 bits per heavy atom. The highest BCUT2D eigenvalue weighted by molar-refractivity contribution is 6.42. The molecule has 9 heteroatoms. The summed E-state index contributed by atoms with van der Waals surface area (Å²) >= 11 is 11.9. The number of carbonyl (C=O) groups is 2. The zero-order valence-corrected chi connectivity index (χ0v) is 18.9. The van der Waals surface area contributed by atoms with Crippen molar-refractivity contribution in [2.75, 3.05) is 0 Å². The first-order valence-corrected chi connectivity index (χ1v) is 10.8. The lowest BCUT2D eigenvalue weighted by Gasteiger charge is -2.14. The Hall–Kier alpha value is -2.64. The van der Waals surface area contributed by atoms with Crippen molar-refractivity contribution in [1.82, 2.24) is 4.57 Å². The van der Waals surface area contributed by atoms with E-state index in [0.29, 0.717) is 6.42 Å². The van der Waals surface area contributed by atoms with Crippen LogP contribution in [-0.4, -0.2) is 26.7 Å². The van der Waals surface area contributed by atoms with Gasteiger partial charge >= 0.3 is 5.97 Å². The fraction of sp³-hybridized carbons (Fsp3) is 0.304. The van der Waals surface area contributed by atoms with Crippen molar-refractivity contribution >= 4 is 46.0 Å². The number of rotatable bonds is 7. The zero-order valence-electron chi connectivity index (χ0n) is 17.4. The van der Waals surface area contributed by atoms with Gasteiger partial charge in [-0.1, -0.05) is 49.4 Å². The molecule has 0 spiro atoms. The molecule has 0 aliphatic carbocycles. The maximum atomic E-state index is 15.1. The van der Waals surface area contributed by atoms with E-state index in [9.17, 15) is 24.2 Å². The van der Waals surface area contributed by atoms with Gasteiger partial charge in [-0.05, 0) is 37.1 Å². The Balaban J connectivity index is 2.32. The monoisotopic (exact) mass is 483 g/mol. The lowest BCUT2D eigenvalue weighted by Crippen LogP contribution is -2.16. The highest BCUT2D eigenvalue weighted by atomic mass is 35.5. The highest BCUT2D eigenvalue weighted by Gasteiger charge is 2.32. The third-order valence-corrected chi connectivity index (χ3v) is 6.26. The molecular formula is C23H21Cl2F2NO4. The van der Waals surface area contributed by atoms with Crippen LogP contribution in [0.3, 0.4) is 0 Å². The smallest absolute Gasteiger partial charge is 0.311 e. The maximum absolute atomic E-state index is 15.1. The molecule has 0 saturated carbocycles. The number of unbranched alkanes of at least 4 members (excludes halogenated alkanes) is 2. The second-order valence-corrected chi connectivity index (χ2v) is 8.38. The Labute approximate surface area is 193 Å². The summed E-state index contributed by atoms with van der Waals surface area (Å²) in [4.78, 5) is 25.4. The molecule has 0 aliphatic heterocycles. The molecule has 1 heterocycles. The van der Waals surface area contributed by atoms with Gasteiger partial charge in [0.25, 0.3) is 5.91 Å². The van der Waals surface area contributed by atoms with E-state index in [4.69, 9.17) is 23.2 Å². The Morgan fingerprint density at radius 1 is 1.12 bits per heavy atom. The van der Waals surface area contributed by atoms with Crippen molar-refractivity contribution < 1.29 is 28.6 Å². The molecule has 0 aliphatic rings. The van der Waals surface area contributed by atoms with E-state index in [-0.39, 0.29) is 44.2 Å². The quantitative estimate of drug-likeness (QED) is 0.367. The largest absolute Gasteiger partial charge is 0.503 e. The number of fused-ring (bicyclic) bond motifs is 1. The van der Waals surface area contributed by atoms with Crippen molar-refractivity contribution in [2.24, 2.45) is 0 Å². The van der Waals surface area contributed by atoms with E-state index in [1.807, 2.05) is 6.92 Å². The molecule has 3 rings (SSSR count). The lowest BCUT2D eigenvalue weighted by atomic mass is 9.90. The van der Waals surface area contributed by atoms with Gasteiger partial charge in [0.1, 0.15) is 0 Å². The zero-order chi connectivity index (χ0) is 23.7. The molecule has 0 amide bonds. The molecule has 0 fully saturated rings. The van der Waals surface area contributed by atoms with Gasteiger partial charge in [0.15, 0.2) is 17.4 Å². The van der Waals surface area contributed by atoms with Gasteiger partial charge in [-0.3, -0.25) is 14.2 Å². The Morgan fingerprint density at radius 3 is 2.41 bits per heavy atom. The normalized spacial score (nSPS) is 12.3. The Bertz CT molecular complexity index is 1220. The number of benzene rings is 2. The summed E-state index contributed by atoms with van der Waals surface area (Å²) in [5, 5.41) is 19.8. The van der Waals surface area contributed by atoms with E-state index < -0.39 is 35.2 Å². The minimum atomic E-state index is -1.31. The molecule has 0 bridgehead atoms. The van der Waals surface area contributed by atoms with Crippen molar-refractivity contribution in [1.29, 1.82) is 0 Å². The van der Waals surface area contributed by atoms with Crippen molar-refractivity contribution in [3.8, 4) is 5.75 Å². The third-order valence-electron chi connectivity index (χ3n) is 5.52. The van der Waals surface area contributed by atoms with Crippen molar-refractivity contribution in [3.05, 3.63) is 62.8 Å². The summed E-state index contributed by atoms with van der Waals surface area (Å²) in [6.45, 7) is 3.43. The van der Waals surface area contributed by atoms with Crippen LogP contribution >= 0.6 is 23.2 Å². The van der Waals surface area contributed by atoms with Crippen LogP contribution in [0, 0.1) is 18.6 Å². The number of aromatic nitrogens is 1. The fourth-order valence-electron chi connectivity index (χ4n) is 3.95. The van der Waals surface area contributed by atoms with Gasteiger partial charge < -0.3 is 10.2 Å². The topological polar surface area (TPSA) is 79.5 Å². The number of hydrogen-bond acceptors (Lipinski definition) is 3. The number of phenols is 1. The standard InChI is InChI=1S/C23H21Cl2F2NO4/c1-3-4-5-6-13(23(31)32)18-11(2)28(17-10-16(26)21(29)20(27)19(17)18)22(30)12-7-8-14(24)15(25)9-12/h7-10,13,29H,3-6H2,1-2H3,(H,31,32). The second kappa shape index (κ2) is 9.46. The molecular weight excluding hydrogens is 463 g/mol. The molecule has 170 valence electrons. The van der Waals surface area contributed by atoms with E-state index in [1.165, 1.54) is 25.1 Å². The molecule has 32 heavy (non-hydrogen) atoms. The molecule has 1 aromatic heterocycles. The average molecular weight is 484 g/mol. The van der Waals surface area contributed by atoms with Crippen LogP contribution in [0.2, 0.25) is 10.0 Å². The molecule has 1 atom stereocenters. The minimum absolute atomic E-state index is 0.0322. The SMILES string of the molecule is CCCCCC(C(=O)O)c1c(C)n(C(=O)c2ccc(Cl)c(Cl)c2)c2cc(F)c(O)c(F)c12. The van der Waals surface area contributed by atoms with Crippen LogP contribution in [0.5, 0.6) is 5.75 Å². The predicted molar refractivity (Wildman–Crippen MR) is 119 cm³/mol. The first kappa shape index (κ1) is 24.0. The van der Waals surface area contributed by atoms with Crippen LogP contribution in [0.4, 0.5) is 8.78 Å². The van der Waals surface area contributed by atoms with Gasteiger partial charge in [0.2, 0.25) is 0 Å². The third kappa shape index (κ3) is 4.19. The summed E-state index contributed by atoms with van der Waals surface area (Å²) < 4.78 is 30.4. The minimum Gasteiger partial charge on any atom is -0.503 e. The molecule has 1 unspecified atom stereocenters. The number of carboxylic acids is 1. The molecule has 0 radical (unpaired) electrons. The number of nitrogens with zero attached hydrogens (tertiary/aromatic N) is 1. The summed E-state index contributed by atoms with van der Waals surface area (Å²) in [7, 11) is 0. The first-order valence-electron chi connectivity index (χ1n) is 10.0. The van der Waals surface area contributed by atoms with E-state index >= 15 is 4.39 Å². The van der Waals surface area contributed by atoms with E-state index in [1.54, 1.807) is 0 Å². The average Bonchev–Trinajstić information content (AvgIpc) is 3.02. The molecule has 3 aromatic rings. The molecule has 5 nitrogen and oxygen atoms in total. The van der Waals surface area contributed by atoms with E-state index in [0.717, 1.165) is 23.5 Å². The number of aliphatic carboxylic acids is 1. The summed E-state index contributed by atoms with van der Waals surface area (Å²) in [6, 6.07) is 4.96. The summed E-state index contributed by atoms with van der Waals surface area (Å²) in [6.07, 6.45) is 2.38. The van der Waals surface area contributed by atoms with Crippen LogP contribution in [0.25, 0.3) is 10.9 Å². The van der Waals surface area contributed by atoms with Gasteiger partial charge in [-0.25, -0.2) is 8.78 Å². The van der Waals surface area contributed by atoms with E-state index in [2.05, 4.69) is 0 Å². The van der Waals surface area contributed by atoms with Gasteiger partial charge in [0.05, 0.1) is 21.5 Å². The van der Waals surface area contributed by atoms with Crippen molar-refractivity contribution in [2.45, 2.75) is 45.4 Å². The van der Waals surface area contributed by atoms with Gasteiger partial charge in [-0.2, -0.15) is 0 Å². The molecule has 2 aromatic carbocycles. The summed E-state index contributed by atoms with van der Waals surface area (Å²) in [5.41, 5.74) is 0.0921. The maximum Gasteiger partial charge on any atom is 0.311 e. The number of carboxylic acid groups (broad SMARTS) is 1. The molecule has 0 saturated heterocycles. The van der Waals surface area contributed by atoms with Crippen LogP contribution < -0.4 is 0 Å². The molecule has 2 N–H and O–H groups in total. The number of hydrogen-bond donors (Lipinski definition) is 2. The predicted octanol–water partition coefficient (Wildman–Crippen LogP) is 6.68. The lowest BCUT2D eigenvalue weighted by molar-refractivity contribution is -0.139. The number of phenolic OH excluding ortho intramolecular Hbond substituents is 1. The first-order chi connectivity index (χ1) is 15.1.